The highest BCUT2D eigenvalue weighted by atomic mass is 35.5. The Morgan fingerprint density at radius 3 is 2.73 bits per heavy atom. The quantitative estimate of drug-likeness (QED) is 0.897. The maximum atomic E-state index is 12.0. The lowest BCUT2D eigenvalue weighted by Gasteiger charge is -2.17. The van der Waals surface area contributed by atoms with Crippen molar-refractivity contribution in [2.45, 2.75) is 26.4 Å². The highest BCUT2D eigenvalue weighted by Gasteiger charge is 2.11. The number of urea groups is 1. The average molecular weight is 342 g/mol. The summed E-state index contributed by atoms with van der Waals surface area (Å²) in [6, 6.07) is 6.92. The number of rotatable bonds is 5. The maximum Gasteiger partial charge on any atom is 0.317 e. The van der Waals surface area contributed by atoms with Crippen molar-refractivity contribution in [1.29, 1.82) is 0 Å². The molecular formula is C15H17Cl2N3O2. The van der Waals surface area contributed by atoms with Gasteiger partial charge in [0.15, 0.2) is 5.76 Å². The van der Waals surface area contributed by atoms with Crippen LogP contribution in [0.5, 0.6) is 0 Å². The number of nitrogens with one attached hydrogen (secondary N) is 1. The number of amides is 2. The molecule has 2 rings (SSSR count). The zero-order valence-corrected chi connectivity index (χ0v) is 13.9. The molecule has 5 nitrogen and oxygen atoms in total. The molecule has 0 bridgehead atoms. The van der Waals surface area contributed by atoms with Crippen LogP contribution in [0.3, 0.4) is 0 Å². The number of aromatic nitrogens is 1. The molecule has 1 aromatic heterocycles. The highest BCUT2D eigenvalue weighted by molar-refractivity contribution is 6.42. The van der Waals surface area contributed by atoms with Crippen molar-refractivity contribution in [1.82, 2.24) is 15.4 Å². The van der Waals surface area contributed by atoms with Gasteiger partial charge in [-0.3, -0.25) is 0 Å². The fourth-order valence-corrected chi connectivity index (χ4v) is 2.21. The molecule has 0 aliphatic heterocycles. The van der Waals surface area contributed by atoms with Gasteiger partial charge in [0.05, 0.1) is 22.3 Å². The van der Waals surface area contributed by atoms with Crippen LogP contribution < -0.4 is 5.32 Å². The van der Waals surface area contributed by atoms with E-state index in [0.717, 1.165) is 17.7 Å². The van der Waals surface area contributed by atoms with Crippen molar-refractivity contribution in [3.05, 3.63) is 51.3 Å². The monoisotopic (exact) mass is 341 g/mol. The SMILES string of the molecule is CCc1cc(CNC(=O)N(C)Cc2ccc(Cl)c(Cl)c2)on1. The van der Waals surface area contributed by atoms with Crippen LogP contribution in [0.4, 0.5) is 4.79 Å². The van der Waals surface area contributed by atoms with E-state index in [2.05, 4.69) is 10.5 Å². The first-order valence-electron chi connectivity index (χ1n) is 6.87. The summed E-state index contributed by atoms with van der Waals surface area (Å²) in [6.45, 7) is 2.72. The number of hydrogen-bond donors (Lipinski definition) is 1. The summed E-state index contributed by atoms with van der Waals surface area (Å²) in [4.78, 5) is 13.6. The molecule has 0 radical (unpaired) electrons. The van der Waals surface area contributed by atoms with Gasteiger partial charge in [-0.05, 0) is 24.1 Å². The second-order valence-corrected chi connectivity index (χ2v) is 5.72. The lowest BCUT2D eigenvalue weighted by molar-refractivity contribution is 0.205. The summed E-state index contributed by atoms with van der Waals surface area (Å²) < 4.78 is 5.12. The number of carbonyl (C=O) groups is 1. The lowest BCUT2D eigenvalue weighted by Crippen LogP contribution is -2.36. The molecule has 0 saturated heterocycles. The molecule has 118 valence electrons. The molecule has 1 N–H and O–H groups in total. The minimum atomic E-state index is -0.208. The van der Waals surface area contributed by atoms with E-state index < -0.39 is 0 Å². The Morgan fingerprint density at radius 1 is 1.32 bits per heavy atom. The van der Waals surface area contributed by atoms with E-state index in [1.165, 1.54) is 0 Å². The predicted molar refractivity (Wildman–Crippen MR) is 86.0 cm³/mol. The lowest BCUT2D eigenvalue weighted by atomic mass is 10.2. The Labute approximate surface area is 139 Å². The molecule has 0 spiro atoms. The summed E-state index contributed by atoms with van der Waals surface area (Å²) in [5.74, 6) is 0.633. The van der Waals surface area contributed by atoms with E-state index >= 15 is 0 Å². The Bertz CT molecular complexity index is 658. The third-order valence-electron chi connectivity index (χ3n) is 3.13. The molecule has 2 aromatic rings. The molecule has 22 heavy (non-hydrogen) atoms. The van der Waals surface area contributed by atoms with Gasteiger partial charge in [-0.2, -0.15) is 0 Å². The molecule has 7 heteroatoms. The standard InChI is InChI=1S/C15H17Cl2N3O2/c1-3-11-7-12(22-19-11)8-18-15(21)20(2)9-10-4-5-13(16)14(17)6-10/h4-7H,3,8-9H2,1-2H3,(H,18,21). The van der Waals surface area contributed by atoms with E-state index in [9.17, 15) is 4.79 Å². The Morgan fingerprint density at radius 2 is 2.09 bits per heavy atom. The Balaban J connectivity index is 1.87. The van der Waals surface area contributed by atoms with Crippen LogP contribution in [0.25, 0.3) is 0 Å². The van der Waals surface area contributed by atoms with Gasteiger partial charge in [0.1, 0.15) is 0 Å². The molecule has 0 atom stereocenters. The first kappa shape index (κ1) is 16.6. The van der Waals surface area contributed by atoms with Crippen LogP contribution in [0.15, 0.2) is 28.8 Å². The second kappa shape index (κ2) is 7.51. The van der Waals surface area contributed by atoms with Crippen LogP contribution in [-0.2, 0) is 19.5 Å². The second-order valence-electron chi connectivity index (χ2n) is 4.90. The minimum Gasteiger partial charge on any atom is -0.359 e. The number of aryl methyl sites for hydroxylation is 1. The normalized spacial score (nSPS) is 10.5. The molecular weight excluding hydrogens is 325 g/mol. The molecule has 0 aliphatic rings. The van der Waals surface area contributed by atoms with Crippen molar-refractivity contribution in [2.24, 2.45) is 0 Å². The van der Waals surface area contributed by atoms with Crippen LogP contribution in [0, 0.1) is 0 Å². The van der Waals surface area contributed by atoms with Gasteiger partial charge >= 0.3 is 6.03 Å². The summed E-state index contributed by atoms with van der Waals surface area (Å²) in [5.41, 5.74) is 1.77. The van der Waals surface area contributed by atoms with E-state index in [1.54, 1.807) is 24.1 Å². The summed E-state index contributed by atoms with van der Waals surface area (Å²) >= 11 is 11.8. The van der Waals surface area contributed by atoms with Gasteiger partial charge in [0.2, 0.25) is 0 Å². The first-order valence-corrected chi connectivity index (χ1v) is 7.62. The van der Waals surface area contributed by atoms with Gasteiger partial charge < -0.3 is 14.7 Å². The molecule has 0 saturated carbocycles. The summed E-state index contributed by atoms with van der Waals surface area (Å²) in [5, 5.41) is 7.62. The van der Waals surface area contributed by atoms with Crippen LogP contribution in [0.1, 0.15) is 23.9 Å². The van der Waals surface area contributed by atoms with Crippen molar-refractivity contribution in [3.63, 3.8) is 0 Å². The number of benzene rings is 1. The van der Waals surface area contributed by atoms with Gasteiger partial charge in [-0.1, -0.05) is 41.3 Å². The fourth-order valence-electron chi connectivity index (χ4n) is 1.89. The molecule has 0 aliphatic carbocycles. The average Bonchev–Trinajstić information content (AvgIpc) is 2.96. The Hall–Kier alpha value is -1.72. The van der Waals surface area contributed by atoms with Crippen LogP contribution in [-0.4, -0.2) is 23.1 Å². The topological polar surface area (TPSA) is 58.4 Å². The van der Waals surface area contributed by atoms with Crippen LogP contribution in [0.2, 0.25) is 10.0 Å². The van der Waals surface area contributed by atoms with Gasteiger partial charge in [0.25, 0.3) is 0 Å². The van der Waals surface area contributed by atoms with Crippen molar-refractivity contribution in [2.75, 3.05) is 7.05 Å². The minimum absolute atomic E-state index is 0.208. The third-order valence-corrected chi connectivity index (χ3v) is 3.87. The fraction of sp³-hybridized carbons (Fsp3) is 0.333. The largest absolute Gasteiger partial charge is 0.359 e. The summed E-state index contributed by atoms with van der Waals surface area (Å²) in [6.07, 6.45) is 0.800. The van der Waals surface area contributed by atoms with Gasteiger partial charge in [-0.15, -0.1) is 0 Å². The number of halogens is 2. The van der Waals surface area contributed by atoms with E-state index in [4.69, 9.17) is 27.7 Å². The summed E-state index contributed by atoms with van der Waals surface area (Å²) in [7, 11) is 1.70. The molecule has 1 aromatic carbocycles. The maximum absolute atomic E-state index is 12.0. The van der Waals surface area contributed by atoms with Crippen LogP contribution >= 0.6 is 23.2 Å². The van der Waals surface area contributed by atoms with E-state index in [-0.39, 0.29) is 6.03 Å². The van der Waals surface area contributed by atoms with Crippen molar-refractivity contribution < 1.29 is 9.32 Å². The van der Waals surface area contributed by atoms with Crippen molar-refractivity contribution in [3.8, 4) is 0 Å². The Kier molecular flexibility index (Phi) is 5.69. The zero-order chi connectivity index (χ0) is 16.1. The molecule has 0 unspecified atom stereocenters. The van der Waals surface area contributed by atoms with Crippen molar-refractivity contribution >= 4 is 29.2 Å². The molecule has 0 fully saturated rings. The number of nitrogens with zero attached hydrogens (tertiary/aromatic N) is 2. The van der Waals surface area contributed by atoms with E-state index in [1.807, 2.05) is 19.1 Å². The first-order chi connectivity index (χ1) is 10.5. The highest BCUT2D eigenvalue weighted by Crippen LogP contribution is 2.23. The zero-order valence-electron chi connectivity index (χ0n) is 12.4. The van der Waals surface area contributed by atoms with E-state index in [0.29, 0.717) is 28.9 Å². The van der Waals surface area contributed by atoms with Gasteiger partial charge in [0, 0.05) is 19.7 Å². The molecule has 2 amide bonds. The molecule has 1 heterocycles. The predicted octanol–water partition coefficient (Wildman–Crippen LogP) is 3.89. The third kappa shape index (κ3) is 4.39. The van der Waals surface area contributed by atoms with Gasteiger partial charge in [-0.25, -0.2) is 4.79 Å². The number of carbonyl (C=O) groups excluding carboxylic acids is 1. The number of hydrogen-bond acceptors (Lipinski definition) is 3. The smallest absolute Gasteiger partial charge is 0.317 e.